The summed E-state index contributed by atoms with van der Waals surface area (Å²) in [7, 11) is -11.3. The third kappa shape index (κ3) is 17.3. The second-order valence-electron chi connectivity index (χ2n) is 25.9. The number of nitrogens with zero attached hydrogens (tertiary/aromatic N) is 14. The van der Waals surface area contributed by atoms with E-state index in [4.69, 9.17) is 118 Å². The van der Waals surface area contributed by atoms with Gasteiger partial charge >= 0.3 is 42.4 Å². The van der Waals surface area contributed by atoms with Gasteiger partial charge in [0, 0.05) is 47.4 Å². The van der Waals surface area contributed by atoms with Gasteiger partial charge in [0.25, 0.3) is 22.2 Å². The number of nitrogens with two attached hydrogens (primary N) is 4. The lowest BCUT2D eigenvalue weighted by Crippen LogP contribution is -2.39. The maximum absolute atomic E-state index is 17.6. The van der Waals surface area contributed by atoms with E-state index in [1.54, 1.807) is 0 Å². The molecule has 5 aliphatic rings. The highest BCUT2D eigenvalue weighted by molar-refractivity contribution is 8.44. The lowest BCUT2D eigenvalue weighted by atomic mass is 10.1. The number of imidazole rings is 4. The Morgan fingerprint density at radius 2 is 0.871 bits per heavy atom. The van der Waals surface area contributed by atoms with Crippen LogP contribution >= 0.6 is 49.0 Å². The molecule has 54 nitrogen and oxygen atoms in total. The van der Waals surface area contributed by atoms with E-state index in [0.717, 1.165) is 72.2 Å². The van der Waals surface area contributed by atoms with Crippen molar-refractivity contribution in [3.8, 4) is 0 Å². The van der Waals surface area contributed by atoms with Crippen molar-refractivity contribution in [1.29, 1.82) is 0 Å². The maximum atomic E-state index is 17.6. The Balaban J connectivity index is 0.724. The molecule has 632 valence electrons. The summed E-state index contributed by atoms with van der Waals surface area (Å²) in [5, 5.41) is 11.3. The van der Waals surface area contributed by atoms with E-state index < -0.39 is 238 Å². The van der Waals surface area contributed by atoms with Crippen LogP contribution in [0.15, 0.2) is 67.9 Å². The molecule has 10 unspecified atom stereocenters. The van der Waals surface area contributed by atoms with Crippen LogP contribution in [0.4, 0.5) is 28.1 Å². The van der Waals surface area contributed by atoms with Gasteiger partial charge in [-0.1, -0.05) is 12.2 Å². The second-order valence-corrected chi connectivity index (χ2v) is 36.3. The summed E-state index contributed by atoms with van der Waals surface area (Å²) in [6.45, 7) is -14.0. The molecule has 5 aliphatic heterocycles. The van der Waals surface area contributed by atoms with Crippen molar-refractivity contribution >= 4 is 129 Å². The molecule has 5 saturated heterocycles. The van der Waals surface area contributed by atoms with E-state index in [1.165, 1.54) is 29.7 Å². The summed E-state index contributed by atoms with van der Waals surface area (Å²) in [4.78, 5) is 155. The summed E-state index contributed by atoms with van der Waals surface area (Å²) in [6, 6.07) is 1.02. The molecule has 25 atom stereocenters. The molecule has 14 rings (SSSR count). The number of aliphatic hydroxyl groups is 1. The topological polar surface area (TPSA) is 729 Å². The highest BCUT2D eigenvalue weighted by Crippen LogP contribution is 2.60. The van der Waals surface area contributed by atoms with Crippen molar-refractivity contribution in [3.05, 3.63) is 95.8 Å². The minimum Gasteiger partial charge on any atom is -0.387 e. The zero-order valence-electron chi connectivity index (χ0n) is 59.9. The number of nitrogen functional groups attached to an aromatic ring is 4. The summed E-state index contributed by atoms with van der Waals surface area (Å²) < 4.78 is 184. The van der Waals surface area contributed by atoms with Crippen molar-refractivity contribution in [2.75, 3.05) is 91.1 Å². The molecule has 0 amide bonds. The van der Waals surface area contributed by atoms with Crippen molar-refractivity contribution in [2.24, 2.45) is 0 Å². The van der Waals surface area contributed by atoms with Crippen molar-refractivity contribution in [1.82, 2.24) is 87.6 Å². The van der Waals surface area contributed by atoms with E-state index in [-0.39, 0.29) is 51.2 Å². The molecular weight excluding hydrogens is 1710 g/mol. The molecule has 0 spiro atoms. The SMILES string of the molecule is CO[C@H]1C(O)[C@@H](COP(O)(=S)OC2[C@@H](COP(=O)(S)OC3[C@@H](COP(=O)(O)OC4[C@@H](COP(=O)(O)OC5[C@@H](COP(C)(=O)O)O[C@@H](n6cnc7c(=O)[nH]c(N)nc76)[C@H]5OC)O[C@@H](n5cnc6c(=O)[nH]c(N)nc65)[C@H]4F)O[C@@H](n4cnc5c(N)ncnc54)[C@H]3OC)O[C@@H](n3cnc4c(=O)[nH]c(N)nc43)[C@H]2OC)O[C@H]1n1ccc(=O)[nH]c1=O. The Morgan fingerprint density at radius 3 is 1.34 bits per heavy atom. The Hall–Kier alpha value is -7.59. The first-order valence-electron chi connectivity index (χ1n) is 33.6. The van der Waals surface area contributed by atoms with Gasteiger partial charge in [-0.05, 0) is 11.8 Å². The average Bonchev–Trinajstić information content (AvgIpc) is 1.62. The number of phosphoric ester groups is 2. The van der Waals surface area contributed by atoms with Gasteiger partial charge in [-0.2, -0.15) is 15.0 Å². The fourth-order valence-corrected chi connectivity index (χ4v) is 18.8. The molecular formula is C54H70FN22O32P5S2. The normalized spacial score (nSPS) is 31.0. The number of aromatic nitrogens is 18. The average molecular weight is 1780 g/mol. The first-order chi connectivity index (χ1) is 54.9. The van der Waals surface area contributed by atoms with Crippen molar-refractivity contribution in [3.63, 3.8) is 0 Å². The maximum Gasteiger partial charge on any atom is 0.472 e. The summed E-state index contributed by atoms with van der Waals surface area (Å²) in [6.07, 6.45) is -28.1. The van der Waals surface area contributed by atoms with Crippen LogP contribution in [0.2, 0.25) is 0 Å². The van der Waals surface area contributed by atoms with Gasteiger partial charge in [0.15, 0.2) is 82.3 Å². The number of hydrogen-bond donors (Lipinski definition) is 14. The number of alkyl halides is 1. The van der Waals surface area contributed by atoms with Gasteiger partial charge in [0.1, 0.15) is 97.3 Å². The fourth-order valence-electron chi connectivity index (χ4n) is 13.5. The van der Waals surface area contributed by atoms with Crippen LogP contribution in [0.1, 0.15) is 31.1 Å². The van der Waals surface area contributed by atoms with Gasteiger partial charge in [-0.25, -0.2) is 52.8 Å². The lowest BCUT2D eigenvalue weighted by Gasteiger charge is -2.29. The monoisotopic (exact) mass is 1780 g/mol. The molecule has 0 bridgehead atoms. The van der Waals surface area contributed by atoms with E-state index in [1.807, 2.05) is 0 Å². The molecule has 17 N–H and O–H groups in total. The van der Waals surface area contributed by atoms with Crippen LogP contribution < -0.4 is 50.9 Å². The molecule has 9 aromatic rings. The minimum atomic E-state index is -5.90. The van der Waals surface area contributed by atoms with Crippen LogP contribution in [0.25, 0.3) is 44.7 Å². The Kier molecular flexibility index (Phi) is 24.3. The summed E-state index contributed by atoms with van der Waals surface area (Å²) in [5.41, 5.74) is 18.0. The number of aliphatic hydroxyl groups excluding tert-OH is 1. The predicted octanol–water partition coefficient (Wildman–Crippen LogP) is -2.75. The van der Waals surface area contributed by atoms with E-state index in [9.17, 15) is 62.3 Å². The molecule has 0 radical (unpaired) electrons. The largest absolute Gasteiger partial charge is 0.472 e. The van der Waals surface area contributed by atoms with Gasteiger partial charge in [-0.3, -0.25) is 98.2 Å². The number of methoxy groups -OCH3 is 4. The third-order valence-corrected chi connectivity index (χ3v) is 24.4. The number of rotatable bonds is 32. The predicted molar refractivity (Wildman–Crippen MR) is 390 cm³/mol. The van der Waals surface area contributed by atoms with Gasteiger partial charge in [0.2, 0.25) is 17.8 Å². The molecule has 62 heteroatoms. The number of thiol groups is 1. The standard InChI is InChI=1S/C54H70FN22O32P5S2/c1-92-34-29(79)18(101-47(34)73-7-6-23(78)66-54(73)83)8-99-113(90,115)109-33-22(105-50(37(33)95-4)77-17-65-28-42(77)69-53(59)72-45(28)82)12-100-114(91,116)108-32-21(104-48(36(32)94-3)74-14-62-25-38(56)60-13-61-39(25)74)11-98-111(86,87)106-30-19(102-46(24(30)55)75-15-63-26-40(75)67-51(57)70-43(26)80)10-97-112(88,89)107-31-20(9-96-110(5,84)85)103-49(35(31)93-2)76-16-64-27-41(76)68-52(58)71-44(27)81/h6-7,13-22,24,29-37,46-50,79H,8-12H2,1-5H3,(H,84,85)(H,86,87)(H,88,89)(H,90,115)(H,91,116)(H2,56,60,61)(H,66,78,83)(H3,57,67,70,80)(H3,58,68,71,81)(H3,59,69,72,82)/t18-,19-,20-,21-,22-,24+,29?,30?,31?,32?,33?,34+,35+,36+,37+,46-,47-,48-,49-,50-,113?,114?/m1/s1. The number of ether oxygens (including phenoxy) is 9. The zero-order chi connectivity index (χ0) is 83.2. The number of H-pyrrole nitrogens is 4. The van der Waals surface area contributed by atoms with Crippen LogP contribution in [0.5, 0.6) is 0 Å². The van der Waals surface area contributed by atoms with Crippen molar-refractivity contribution < 1.29 is 131 Å². The number of anilines is 4. The molecule has 0 aliphatic carbocycles. The molecule has 9 aromatic heterocycles. The quantitative estimate of drug-likeness (QED) is 0.0150. The number of halogens is 1. The summed E-state index contributed by atoms with van der Waals surface area (Å²) in [5.74, 6) is -1.33. The number of aromatic amines is 4. The van der Waals surface area contributed by atoms with E-state index >= 15 is 8.96 Å². The lowest BCUT2D eigenvalue weighted by molar-refractivity contribution is -0.0641. The summed E-state index contributed by atoms with van der Waals surface area (Å²) >= 11 is 9.81. The highest BCUT2D eigenvalue weighted by atomic mass is 32.7. The van der Waals surface area contributed by atoms with E-state index in [2.05, 4.69) is 77.0 Å². The first-order valence-corrected chi connectivity index (χ1v) is 43.9. The van der Waals surface area contributed by atoms with Crippen LogP contribution in [0, 0.1) is 0 Å². The fraction of sp³-hybridized carbons (Fsp3) is 0.556. The van der Waals surface area contributed by atoms with Gasteiger partial charge in [-0.15, -0.1) is 0 Å². The Morgan fingerprint density at radius 1 is 0.483 bits per heavy atom. The molecule has 5 fully saturated rings. The molecule has 0 saturated carbocycles. The Bertz CT molecular complexity index is 5760. The first kappa shape index (κ1) is 84.8. The van der Waals surface area contributed by atoms with Crippen LogP contribution in [0.3, 0.4) is 0 Å². The highest BCUT2D eigenvalue weighted by Gasteiger charge is 2.58. The van der Waals surface area contributed by atoms with Gasteiger partial charge in [0.05, 0.1) is 58.3 Å². The number of phosphoric acid groups is 2. The molecule has 116 heavy (non-hydrogen) atoms. The van der Waals surface area contributed by atoms with Gasteiger partial charge < -0.3 is 99.3 Å². The number of nitrogens with one attached hydrogen (secondary N) is 4. The van der Waals surface area contributed by atoms with E-state index in [0.29, 0.717) is 0 Å². The Labute approximate surface area is 654 Å². The second kappa shape index (κ2) is 33.2. The zero-order valence-corrected chi connectivity index (χ0v) is 66.1. The van der Waals surface area contributed by atoms with Crippen LogP contribution in [-0.4, -0.2) is 272 Å². The number of fused-ring (bicyclic) bond motifs is 4. The van der Waals surface area contributed by atoms with Crippen LogP contribution in [-0.2, 0) is 113 Å². The number of hydrogen-bond acceptors (Lipinski definition) is 42. The molecule has 0 aromatic carbocycles. The van der Waals surface area contributed by atoms with Crippen molar-refractivity contribution in [2.45, 2.75) is 123 Å². The minimum absolute atomic E-state index is 0.00455. The third-order valence-electron chi connectivity index (χ3n) is 18.6. The molecule has 14 heterocycles. The smallest absolute Gasteiger partial charge is 0.387 e.